The molecule has 0 unspecified atom stereocenters. The fraction of sp³-hybridized carbons (Fsp3) is 0.444. The summed E-state index contributed by atoms with van der Waals surface area (Å²) in [6.07, 6.45) is 1.53. The van der Waals surface area contributed by atoms with Gasteiger partial charge >= 0.3 is 6.18 Å². The van der Waals surface area contributed by atoms with Gasteiger partial charge in [0.2, 0.25) is 0 Å². The SMILES string of the molecule is Cc1cc2c(N3CCC(Cn4cnc(C(F)(F)F)cc4=O)CC3)nccn2n1. The largest absolute Gasteiger partial charge is 0.433 e. The van der Waals surface area contributed by atoms with Crippen molar-refractivity contribution < 1.29 is 13.2 Å². The average Bonchev–Trinajstić information content (AvgIpc) is 3.03. The lowest BCUT2D eigenvalue weighted by molar-refractivity contribution is -0.141. The highest BCUT2D eigenvalue weighted by Gasteiger charge is 2.33. The van der Waals surface area contributed by atoms with Crippen molar-refractivity contribution in [1.29, 1.82) is 0 Å². The second-order valence-corrected chi connectivity index (χ2v) is 7.06. The quantitative estimate of drug-likeness (QED) is 0.685. The fourth-order valence-electron chi connectivity index (χ4n) is 3.60. The Bertz CT molecular complexity index is 1050. The van der Waals surface area contributed by atoms with E-state index in [-0.39, 0.29) is 5.92 Å². The molecule has 0 radical (unpaired) electrons. The van der Waals surface area contributed by atoms with Gasteiger partial charge in [-0.15, -0.1) is 0 Å². The van der Waals surface area contributed by atoms with E-state index in [4.69, 9.17) is 0 Å². The Morgan fingerprint density at radius 3 is 2.61 bits per heavy atom. The van der Waals surface area contributed by atoms with E-state index >= 15 is 0 Å². The Kier molecular flexibility index (Phi) is 4.56. The maximum atomic E-state index is 12.6. The minimum atomic E-state index is -4.61. The molecule has 0 amide bonds. The van der Waals surface area contributed by atoms with Crippen molar-refractivity contribution in [3.63, 3.8) is 0 Å². The molecule has 4 heterocycles. The molecular weight excluding hydrogens is 373 g/mol. The van der Waals surface area contributed by atoms with Gasteiger partial charge in [0.1, 0.15) is 5.52 Å². The van der Waals surface area contributed by atoms with Crippen molar-refractivity contribution in [2.75, 3.05) is 18.0 Å². The van der Waals surface area contributed by atoms with Gasteiger partial charge in [-0.2, -0.15) is 18.3 Å². The van der Waals surface area contributed by atoms with Gasteiger partial charge in [0.15, 0.2) is 11.5 Å². The van der Waals surface area contributed by atoms with E-state index < -0.39 is 17.4 Å². The van der Waals surface area contributed by atoms with Crippen LogP contribution in [-0.2, 0) is 12.7 Å². The summed E-state index contributed by atoms with van der Waals surface area (Å²) in [5.74, 6) is 1.06. The number of hydrogen-bond acceptors (Lipinski definition) is 5. The average molecular weight is 392 g/mol. The van der Waals surface area contributed by atoms with E-state index in [1.54, 1.807) is 10.7 Å². The van der Waals surface area contributed by atoms with E-state index in [2.05, 4.69) is 20.0 Å². The molecule has 1 aliphatic heterocycles. The van der Waals surface area contributed by atoms with Crippen molar-refractivity contribution in [3.05, 3.63) is 52.6 Å². The normalized spacial score (nSPS) is 16.1. The fourth-order valence-corrected chi connectivity index (χ4v) is 3.60. The van der Waals surface area contributed by atoms with Crippen LogP contribution in [0.25, 0.3) is 5.52 Å². The molecule has 0 atom stereocenters. The summed E-state index contributed by atoms with van der Waals surface area (Å²) in [4.78, 5) is 22.0. The Labute approximate surface area is 158 Å². The summed E-state index contributed by atoms with van der Waals surface area (Å²) >= 11 is 0. The van der Waals surface area contributed by atoms with Gasteiger partial charge in [-0.05, 0) is 31.7 Å². The van der Waals surface area contributed by atoms with Crippen molar-refractivity contribution in [3.8, 4) is 0 Å². The van der Waals surface area contributed by atoms with Crippen LogP contribution in [0.5, 0.6) is 0 Å². The molecule has 0 aliphatic carbocycles. The molecule has 3 aromatic rings. The number of nitrogens with zero attached hydrogens (tertiary/aromatic N) is 6. The molecule has 1 fully saturated rings. The molecule has 3 aromatic heterocycles. The van der Waals surface area contributed by atoms with Gasteiger partial charge in [-0.3, -0.25) is 9.36 Å². The number of alkyl halides is 3. The molecule has 0 saturated carbocycles. The van der Waals surface area contributed by atoms with Gasteiger partial charge in [-0.1, -0.05) is 0 Å². The molecule has 7 nitrogen and oxygen atoms in total. The molecule has 10 heteroatoms. The van der Waals surface area contributed by atoms with Crippen LogP contribution in [-0.4, -0.2) is 37.2 Å². The lowest BCUT2D eigenvalue weighted by Gasteiger charge is -2.33. The second kappa shape index (κ2) is 6.92. The Morgan fingerprint density at radius 2 is 1.93 bits per heavy atom. The maximum absolute atomic E-state index is 12.6. The minimum Gasteiger partial charge on any atom is -0.355 e. The first-order chi connectivity index (χ1) is 13.3. The lowest BCUT2D eigenvalue weighted by Crippen LogP contribution is -2.37. The van der Waals surface area contributed by atoms with Crippen LogP contribution in [0.4, 0.5) is 19.0 Å². The molecule has 0 aromatic carbocycles. The molecule has 0 spiro atoms. The van der Waals surface area contributed by atoms with Gasteiger partial charge in [0.05, 0.1) is 12.0 Å². The number of anilines is 1. The van der Waals surface area contributed by atoms with Crippen LogP contribution < -0.4 is 10.5 Å². The van der Waals surface area contributed by atoms with Crippen LogP contribution in [0.2, 0.25) is 0 Å². The molecule has 1 aliphatic rings. The zero-order valence-electron chi connectivity index (χ0n) is 15.2. The Balaban J connectivity index is 1.44. The Hall–Kier alpha value is -2.91. The van der Waals surface area contributed by atoms with Crippen molar-refractivity contribution in [1.82, 2.24) is 24.1 Å². The number of piperidine rings is 1. The van der Waals surface area contributed by atoms with Crippen LogP contribution in [0.1, 0.15) is 24.2 Å². The van der Waals surface area contributed by atoms with Crippen LogP contribution in [0.3, 0.4) is 0 Å². The zero-order valence-corrected chi connectivity index (χ0v) is 15.2. The third kappa shape index (κ3) is 3.58. The molecule has 148 valence electrons. The lowest BCUT2D eigenvalue weighted by atomic mass is 9.96. The smallest absolute Gasteiger partial charge is 0.355 e. The minimum absolute atomic E-state index is 0.193. The van der Waals surface area contributed by atoms with Crippen LogP contribution >= 0.6 is 0 Å². The summed E-state index contributed by atoms with van der Waals surface area (Å²) in [6.45, 7) is 3.80. The number of aromatic nitrogens is 5. The van der Waals surface area contributed by atoms with E-state index in [1.165, 1.54) is 4.57 Å². The molecule has 0 bridgehead atoms. The third-order valence-electron chi connectivity index (χ3n) is 5.03. The monoisotopic (exact) mass is 392 g/mol. The van der Waals surface area contributed by atoms with E-state index in [0.717, 1.165) is 49.3 Å². The zero-order chi connectivity index (χ0) is 19.9. The van der Waals surface area contributed by atoms with Gasteiger partial charge in [0.25, 0.3) is 5.56 Å². The summed E-state index contributed by atoms with van der Waals surface area (Å²) in [5, 5.41) is 4.40. The first kappa shape index (κ1) is 18.5. The van der Waals surface area contributed by atoms with E-state index in [9.17, 15) is 18.0 Å². The van der Waals surface area contributed by atoms with Gasteiger partial charge in [-0.25, -0.2) is 14.5 Å². The summed E-state index contributed by atoms with van der Waals surface area (Å²) in [7, 11) is 0. The van der Waals surface area contributed by atoms with E-state index in [1.807, 2.05) is 19.2 Å². The maximum Gasteiger partial charge on any atom is 0.433 e. The summed E-state index contributed by atoms with van der Waals surface area (Å²) in [6, 6.07) is 2.55. The van der Waals surface area contributed by atoms with E-state index in [0.29, 0.717) is 12.6 Å². The van der Waals surface area contributed by atoms with Crippen molar-refractivity contribution >= 4 is 11.3 Å². The molecule has 0 N–H and O–H groups in total. The number of hydrogen-bond donors (Lipinski definition) is 0. The predicted octanol–water partition coefficient (Wildman–Crippen LogP) is 2.53. The number of fused-ring (bicyclic) bond motifs is 1. The third-order valence-corrected chi connectivity index (χ3v) is 5.03. The second-order valence-electron chi connectivity index (χ2n) is 7.06. The summed E-state index contributed by atoms with van der Waals surface area (Å²) in [5.41, 5.74) is 0.0321. The first-order valence-electron chi connectivity index (χ1n) is 9.01. The molecule has 4 rings (SSSR count). The molecule has 1 saturated heterocycles. The highest BCUT2D eigenvalue weighted by molar-refractivity contribution is 5.69. The van der Waals surface area contributed by atoms with Crippen LogP contribution in [0.15, 0.2) is 35.6 Å². The van der Waals surface area contributed by atoms with Crippen molar-refractivity contribution in [2.24, 2.45) is 5.92 Å². The highest BCUT2D eigenvalue weighted by atomic mass is 19.4. The molecular formula is C18H19F3N6O. The number of rotatable bonds is 3. The summed E-state index contributed by atoms with van der Waals surface area (Å²) < 4.78 is 41.0. The topological polar surface area (TPSA) is 68.3 Å². The van der Waals surface area contributed by atoms with Gasteiger partial charge < -0.3 is 4.90 Å². The van der Waals surface area contributed by atoms with Crippen molar-refractivity contribution in [2.45, 2.75) is 32.5 Å². The molecule has 28 heavy (non-hydrogen) atoms. The Morgan fingerprint density at radius 1 is 1.18 bits per heavy atom. The first-order valence-corrected chi connectivity index (χ1v) is 9.01. The number of aryl methyl sites for hydroxylation is 1. The number of halogens is 3. The predicted molar refractivity (Wildman–Crippen MR) is 96.2 cm³/mol. The standard InChI is InChI=1S/C18H19F3N6O/c1-12-8-14-17(22-4-7-27(14)24-12)25-5-2-13(3-6-25)10-26-11-23-15(9-16(26)28)18(19,20)21/h4,7-9,11,13H,2-3,5-6,10H2,1H3. The van der Waals surface area contributed by atoms with Crippen LogP contribution in [0, 0.1) is 12.8 Å². The highest BCUT2D eigenvalue weighted by Crippen LogP contribution is 2.27. The van der Waals surface area contributed by atoms with Gasteiger partial charge in [0, 0.05) is 38.1 Å².